The molecular weight excluding hydrogens is 276 g/mol. The normalized spacial score (nSPS) is 10.8. The summed E-state index contributed by atoms with van der Waals surface area (Å²) in [6.45, 7) is 3.99. The summed E-state index contributed by atoms with van der Waals surface area (Å²) in [6.07, 6.45) is 0. The van der Waals surface area contributed by atoms with Crippen molar-refractivity contribution in [3.05, 3.63) is 34.8 Å². The third-order valence-electron chi connectivity index (χ3n) is 2.68. The van der Waals surface area contributed by atoms with Crippen molar-refractivity contribution in [3.63, 3.8) is 0 Å². The van der Waals surface area contributed by atoms with Gasteiger partial charge in [-0.2, -0.15) is 0 Å². The Hall–Kier alpha value is -1.79. The molecule has 0 bridgehead atoms. The molecule has 0 aliphatic carbocycles. The van der Waals surface area contributed by atoms with Crippen molar-refractivity contribution in [2.75, 3.05) is 5.73 Å². The number of nitrogens with two attached hydrogens (primary N) is 1. The lowest BCUT2D eigenvalue weighted by atomic mass is 10.2. The number of hydrogen-bond acceptors (Lipinski definition) is 6. The van der Waals surface area contributed by atoms with Crippen molar-refractivity contribution in [1.82, 2.24) is 15.2 Å². The molecule has 0 radical (unpaired) electrons. The van der Waals surface area contributed by atoms with Crippen LogP contribution in [0.4, 0.5) is 5.00 Å². The summed E-state index contributed by atoms with van der Waals surface area (Å²) in [5.41, 5.74) is 9.09. The van der Waals surface area contributed by atoms with Crippen molar-refractivity contribution in [1.29, 1.82) is 0 Å². The second kappa shape index (κ2) is 4.71. The molecule has 6 heteroatoms. The highest BCUT2D eigenvalue weighted by molar-refractivity contribution is 7.20. The monoisotopic (exact) mass is 288 g/mol. The molecule has 0 unspecified atom stereocenters. The van der Waals surface area contributed by atoms with E-state index in [2.05, 4.69) is 46.4 Å². The van der Waals surface area contributed by atoms with E-state index in [4.69, 9.17) is 5.73 Å². The van der Waals surface area contributed by atoms with Gasteiger partial charge in [0.05, 0.1) is 0 Å². The van der Waals surface area contributed by atoms with Crippen LogP contribution in [0, 0.1) is 13.8 Å². The predicted octanol–water partition coefficient (Wildman–Crippen LogP) is 3.53. The van der Waals surface area contributed by atoms with Crippen LogP contribution in [0.5, 0.6) is 0 Å². The van der Waals surface area contributed by atoms with E-state index in [0.29, 0.717) is 5.00 Å². The van der Waals surface area contributed by atoms with Gasteiger partial charge in [-0.05, 0) is 13.8 Å². The fraction of sp³-hybridized carbons (Fsp3) is 0.154. The molecule has 96 valence electrons. The number of rotatable bonds is 2. The van der Waals surface area contributed by atoms with Crippen LogP contribution in [0.15, 0.2) is 24.3 Å². The Morgan fingerprint density at radius 1 is 0.947 bits per heavy atom. The van der Waals surface area contributed by atoms with Crippen molar-refractivity contribution in [2.45, 2.75) is 13.8 Å². The molecule has 0 spiro atoms. The number of anilines is 1. The van der Waals surface area contributed by atoms with Crippen LogP contribution in [0.3, 0.4) is 0 Å². The Morgan fingerprint density at radius 3 is 2.32 bits per heavy atom. The molecule has 0 atom stereocenters. The standard InChI is InChI=1S/C13H12N4S2/c1-7-3-5-9(6-4-7)12-15-10(11(14)19-12)13-17-16-8(2)18-13/h3-6H,14H2,1-2H3. The van der Waals surface area contributed by atoms with E-state index in [0.717, 1.165) is 26.3 Å². The topological polar surface area (TPSA) is 64.7 Å². The van der Waals surface area contributed by atoms with Crippen LogP contribution in [0.2, 0.25) is 0 Å². The fourth-order valence-electron chi connectivity index (χ4n) is 1.70. The third kappa shape index (κ3) is 2.36. The molecular formula is C13H12N4S2. The van der Waals surface area contributed by atoms with Gasteiger partial charge in [0.15, 0.2) is 5.01 Å². The number of thiazole rings is 1. The molecule has 0 saturated heterocycles. The zero-order valence-corrected chi connectivity index (χ0v) is 12.2. The Bertz CT molecular complexity index is 713. The summed E-state index contributed by atoms with van der Waals surface area (Å²) in [4.78, 5) is 4.59. The SMILES string of the molecule is Cc1ccc(-c2nc(-c3nnc(C)s3)c(N)s2)cc1. The van der Waals surface area contributed by atoms with E-state index < -0.39 is 0 Å². The van der Waals surface area contributed by atoms with E-state index in [9.17, 15) is 0 Å². The highest BCUT2D eigenvalue weighted by Gasteiger charge is 2.15. The second-order valence-corrected chi connectivity index (χ2v) is 6.44. The quantitative estimate of drug-likeness (QED) is 0.783. The lowest BCUT2D eigenvalue weighted by Crippen LogP contribution is -1.85. The molecule has 2 heterocycles. The minimum absolute atomic E-state index is 0.687. The van der Waals surface area contributed by atoms with Crippen LogP contribution in [0.25, 0.3) is 21.3 Å². The van der Waals surface area contributed by atoms with Crippen molar-refractivity contribution >= 4 is 27.7 Å². The molecule has 19 heavy (non-hydrogen) atoms. The third-order valence-corrected chi connectivity index (χ3v) is 4.46. The predicted molar refractivity (Wildman–Crippen MR) is 80.3 cm³/mol. The van der Waals surface area contributed by atoms with Gasteiger partial charge in [-0.25, -0.2) is 4.98 Å². The second-order valence-electron chi connectivity index (χ2n) is 4.22. The first kappa shape index (κ1) is 12.3. The Labute approximate surface area is 119 Å². The first-order valence-electron chi connectivity index (χ1n) is 5.77. The number of benzene rings is 1. The smallest absolute Gasteiger partial charge is 0.169 e. The van der Waals surface area contributed by atoms with Gasteiger partial charge >= 0.3 is 0 Å². The number of nitrogen functional groups attached to an aromatic ring is 1. The maximum Gasteiger partial charge on any atom is 0.169 e. The van der Waals surface area contributed by atoms with Gasteiger partial charge in [-0.3, -0.25) is 0 Å². The maximum absolute atomic E-state index is 6.04. The van der Waals surface area contributed by atoms with Crippen LogP contribution in [0.1, 0.15) is 10.6 Å². The molecule has 4 nitrogen and oxygen atoms in total. The zero-order chi connectivity index (χ0) is 13.4. The van der Waals surface area contributed by atoms with Gasteiger partial charge < -0.3 is 5.73 Å². The van der Waals surface area contributed by atoms with E-state index in [1.54, 1.807) is 0 Å². The van der Waals surface area contributed by atoms with Gasteiger partial charge in [0.1, 0.15) is 20.7 Å². The highest BCUT2D eigenvalue weighted by Crippen LogP contribution is 2.36. The summed E-state index contributed by atoms with van der Waals surface area (Å²) in [5.74, 6) is 0. The number of hydrogen-bond donors (Lipinski definition) is 1. The van der Waals surface area contributed by atoms with E-state index in [-0.39, 0.29) is 0 Å². The number of nitrogens with zero attached hydrogens (tertiary/aromatic N) is 3. The lowest BCUT2D eigenvalue weighted by Gasteiger charge is -1.96. The minimum Gasteiger partial charge on any atom is -0.389 e. The van der Waals surface area contributed by atoms with Crippen molar-refractivity contribution < 1.29 is 0 Å². The molecule has 0 saturated carbocycles. The van der Waals surface area contributed by atoms with Gasteiger partial charge in [0.2, 0.25) is 0 Å². The van der Waals surface area contributed by atoms with E-state index in [1.165, 1.54) is 28.2 Å². The fourth-order valence-corrected chi connectivity index (χ4v) is 3.30. The van der Waals surface area contributed by atoms with E-state index >= 15 is 0 Å². The maximum atomic E-state index is 6.04. The lowest BCUT2D eigenvalue weighted by molar-refractivity contribution is 1.05. The average Bonchev–Trinajstić information content (AvgIpc) is 2.96. The summed E-state index contributed by atoms with van der Waals surface area (Å²) in [6, 6.07) is 8.26. The van der Waals surface area contributed by atoms with Crippen LogP contribution >= 0.6 is 22.7 Å². The van der Waals surface area contributed by atoms with Crippen LogP contribution in [-0.2, 0) is 0 Å². The molecule has 0 aliphatic rings. The molecule has 2 aromatic heterocycles. The Kier molecular flexibility index (Phi) is 3.04. The zero-order valence-electron chi connectivity index (χ0n) is 10.5. The van der Waals surface area contributed by atoms with Crippen LogP contribution < -0.4 is 5.73 Å². The largest absolute Gasteiger partial charge is 0.389 e. The summed E-state index contributed by atoms with van der Waals surface area (Å²) in [7, 11) is 0. The average molecular weight is 288 g/mol. The minimum atomic E-state index is 0.687. The molecule has 0 fully saturated rings. The first-order chi connectivity index (χ1) is 9.13. The molecule has 0 aliphatic heterocycles. The summed E-state index contributed by atoms with van der Waals surface area (Å²) >= 11 is 2.99. The summed E-state index contributed by atoms with van der Waals surface area (Å²) < 4.78 is 0. The van der Waals surface area contributed by atoms with Crippen LogP contribution in [-0.4, -0.2) is 15.2 Å². The van der Waals surface area contributed by atoms with Gasteiger partial charge in [-0.1, -0.05) is 52.5 Å². The molecule has 2 N–H and O–H groups in total. The van der Waals surface area contributed by atoms with Gasteiger partial charge in [-0.15, -0.1) is 10.2 Å². The number of aryl methyl sites for hydroxylation is 2. The first-order valence-corrected chi connectivity index (χ1v) is 7.40. The molecule has 3 aromatic rings. The Morgan fingerprint density at radius 2 is 1.68 bits per heavy atom. The van der Waals surface area contributed by atoms with Crippen molar-refractivity contribution in [2.24, 2.45) is 0 Å². The summed E-state index contributed by atoms with van der Waals surface area (Å²) in [5, 5.41) is 11.4. The molecule has 1 aromatic carbocycles. The van der Waals surface area contributed by atoms with Gasteiger partial charge in [0.25, 0.3) is 0 Å². The van der Waals surface area contributed by atoms with Crippen molar-refractivity contribution in [3.8, 4) is 21.3 Å². The molecule has 3 rings (SSSR count). The highest BCUT2D eigenvalue weighted by atomic mass is 32.1. The number of aromatic nitrogens is 3. The molecule has 0 amide bonds. The van der Waals surface area contributed by atoms with E-state index in [1.807, 2.05) is 6.92 Å². The Balaban J connectivity index is 2.04. The van der Waals surface area contributed by atoms with Gasteiger partial charge in [0, 0.05) is 5.56 Å².